The molecule has 1 fully saturated rings. The van der Waals surface area contributed by atoms with Crippen LogP contribution in [-0.4, -0.2) is 26.2 Å². The SMILES string of the molecule is COC(=O)c1cc(N2CCCC2)co1. The first-order valence-electron chi connectivity index (χ1n) is 4.73. The van der Waals surface area contributed by atoms with Gasteiger partial charge >= 0.3 is 5.97 Å². The molecule has 0 atom stereocenters. The normalized spacial score (nSPS) is 15.9. The fraction of sp³-hybridized carbons (Fsp3) is 0.500. The van der Waals surface area contributed by atoms with Crippen LogP contribution in [-0.2, 0) is 4.74 Å². The first-order chi connectivity index (χ1) is 6.81. The van der Waals surface area contributed by atoms with Crippen molar-refractivity contribution in [3.8, 4) is 0 Å². The summed E-state index contributed by atoms with van der Waals surface area (Å²) in [6, 6.07) is 1.73. The highest BCUT2D eigenvalue weighted by molar-refractivity contribution is 5.87. The smallest absolute Gasteiger partial charge is 0.374 e. The standard InChI is InChI=1S/C10H13NO3/c1-13-10(12)9-6-8(7-14-9)11-4-2-3-5-11/h6-7H,2-5H2,1H3. The molecule has 2 rings (SSSR count). The second-order valence-electron chi connectivity index (χ2n) is 3.35. The van der Waals surface area contributed by atoms with Gasteiger partial charge in [-0.2, -0.15) is 0 Å². The maximum Gasteiger partial charge on any atom is 0.374 e. The fourth-order valence-corrected chi connectivity index (χ4v) is 1.67. The number of furan rings is 1. The Bertz CT molecular complexity index is 326. The zero-order valence-corrected chi connectivity index (χ0v) is 8.16. The zero-order valence-electron chi connectivity index (χ0n) is 8.16. The lowest BCUT2D eigenvalue weighted by molar-refractivity contribution is 0.0565. The zero-order chi connectivity index (χ0) is 9.97. The van der Waals surface area contributed by atoms with Crippen LogP contribution in [0.25, 0.3) is 0 Å². The third kappa shape index (κ3) is 1.60. The van der Waals surface area contributed by atoms with Gasteiger partial charge in [0.1, 0.15) is 6.26 Å². The van der Waals surface area contributed by atoms with Crippen LogP contribution in [0.1, 0.15) is 23.4 Å². The quantitative estimate of drug-likeness (QED) is 0.673. The summed E-state index contributed by atoms with van der Waals surface area (Å²) < 4.78 is 9.67. The van der Waals surface area contributed by atoms with Gasteiger partial charge in [-0.3, -0.25) is 0 Å². The number of nitrogens with zero attached hydrogens (tertiary/aromatic N) is 1. The van der Waals surface area contributed by atoms with Gasteiger partial charge in [-0.15, -0.1) is 0 Å². The Morgan fingerprint density at radius 1 is 1.50 bits per heavy atom. The van der Waals surface area contributed by atoms with Crippen LogP contribution >= 0.6 is 0 Å². The molecule has 0 aromatic carbocycles. The van der Waals surface area contributed by atoms with Crippen LogP contribution in [0.4, 0.5) is 5.69 Å². The Morgan fingerprint density at radius 2 is 2.21 bits per heavy atom. The molecular weight excluding hydrogens is 182 g/mol. The minimum absolute atomic E-state index is 0.273. The molecule has 4 heteroatoms. The lowest BCUT2D eigenvalue weighted by Crippen LogP contribution is -2.16. The summed E-state index contributed by atoms with van der Waals surface area (Å²) >= 11 is 0. The molecule has 0 amide bonds. The van der Waals surface area contributed by atoms with Crippen LogP contribution in [0, 0.1) is 0 Å². The van der Waals surface area contributed by atoms with Crippen LogP contribution in [0.3, 0.4) is 0 Å². The number of carbonyl (C=O) groups is 1. The van der Waals surface area contributed by atoms with Gasteiger partial charge in [0.05, 0.1) is 12.8 Å². The summed E-state index contributed by atoms with van der Waals surface area (Å²) in [6.45, 7) is 2.08. The molecular formula is C10H13NO3. The Hall–Kier alpha value is -1.45. The molecule has 1 aliphatic rings. The molecule has 1 saturated heterocycles. The molecule has 0 aliphatic carbocycles. The van der Waals surface area contributed by atoms with Crippen molar-refractivity contribution in [3.63, 3.8) is 0 Å². The van der Waals surface area contributed by atoms with E-state index < -0.39 is 5.97 Å². The second kappa shape index (κ2) is 3.74. The molecule has 0 saturated carbocycles. The average Bonchev–Trinajstić information content (AvgIpc) is 2.86. The van der Waals surface area contributed by atoms with Crippen molar-refractivity contribution in [1.29, 1.82) is 0 Å². The Labute approximate surface area is 82.4 Å². The molecule has 1 aromatic rings. The molecule has 0 radical (unpaired) electrons. The third-order valence-corrected chi connectivity index (χ3v) is 2.44. The van der Waals surface area contributed by atoms with Gasteiger partial charge < -0.3 is 14.1 Å². The molecule has 0 bridgehead atoms. The van der Waals surface area contributed by atoms with Crippen molar-refractivity contribution in [3.05, 3.63) is 18.1 Å². The number of methoxy groups -OCH3 is 1. The molecule has 14 heavy (non-hydrogen) atoms. The van der Waals surface area contributed by atoms with Gasteiger partial charge in [0.2, 0.25) is 5.76 Å². The monoisotopic (exact) mass is 195 g/mol. The number of carbonyl (C=O) groups excluding carboxylic acids is 1. The highest BCUT2D eigenvalue weighted by Gasteiger charge is 2.17. The van der Waals surface area contributed by atoms with Gasteiger partial charge in [-0.1, -0.05) is 0 Å². The Balaban J connectivity index is 2.12. The van der Waals surface area contributed by atoms with Crippen molar-refractivity contribution in [2.75, 3.05) is 25.1 Å². The molecule has 2 heterocycles. The van der Waals surface area contributed by atoms with E-state index >= 15 is 0 Å². The van der Waals surface area contributed by atoms with E-state index in [1.807, 2.05) is 0 Å². The summed E-state index contributed by atoms with van der Waals surface area (Å²) in [7, 11) is 1.35. The summed E-state index contributed by atoms with van der Waals surface area (Å²) in [4.78, 5) is 13.3. The fourth-order valence-electron chi connectivity index (χ4n) is 1.67. The molecule has 76 valence electrons. The first-order valence-corrected chi connectivity index (χ1v) is 4.73. The van der Waals surface area contributed by atoms with Gasteiger partial charge in [-0.05, 0) is 12.8 Å². The maximum absolute atomic E-state index is 11.1. The molecule has 0 spiro atoms. The van der Waals surface area contributed by atoms with Crippen LogP contribution in [0.15, 0.2) is 16.7 Å². The number of anilines is 1. The van der Waals surface area contributed by atoms with E-state index in [2.05, 4.69) is 9.64 Å². The number of rotatable bonds is 2. The van der Waals surface area contributed by atoms with Gasteiger partial charge in [0.15, 0.2) is 0 Å². The van der Waals surface area contributed by atoms with E-state index in [0.717, 1.165) is 18.8 Å². The molecule has 0 N–H and O–H groups in total. The lowest BCUT2D eigenvalue weighted by atomic mass is 10.4. The third-order valence-electron chi connectivity index (χ3n) is 2.44. The predicted molar refractivity (Wildman–Crippen MR) is 51.5 cm³/mol. The van der Waals surface area contributed by atoms with Crippen LogP contribution in [0.5, 0.6) is 0 Å². The van der Waals surface area contributed by atoms with E-state index in [-0.39, 0.29) is 5.76 Å². The lowest BCUT2D eigenvalue weighted by Gasteiger charge is -2.13. The number of hydrogen-bond donors (Lipinski definition) is 0. The van der Waals surface area contributed by atoms with Crippen molar-refractivity contribution >= 4 is 11.7 Å². The first kappa shape index (κ1) is 9.12. The van der Waals surface area contributed by atoms with Crippen molar-refractivity contribution in [2.24, 2.45) is 0 Å². The van der Waals surface area contributed by atoms with Crippen molar-refractivity contribution in [2.45, 2.75) is 12.8 Å². The van der Waals surface area contributed by atoms with E-state index in [0.29, 0.717) is 0 Å². The molecule has 4 nitrogen and oxygen atoms in total. The van der Waals surface area contributed by atoms with Gasteiger partial charge in [-0.25, -0.2) is 4.79 Å². The Morgan fingerprint density at radius 3 is 2.86 bits per heavy atom. The molecule has 1 aromatic heterocycles. The van der Waals surface area contributed by atoms with Gasteiger partial charge in [0, 0.05) is 19.2 Å². The maximum atomic E-state index is 11.1. The summed E-state index contributed by atoms with van der Waals surface area (Å²) in [5.41, 5.74) is 0.975. The van der Waals surface area contributed by atoms with E-state index in [9.17, 15) is 4.79 Å². The minimum Gasteiger partial charge on any atom is -0.463 e. The van der Waals surface area contributed by atoms with Crippen molar-refractivity contribution < 1.29 is 13.9 Å². The molecule has 0 unspecified atom stereocenters. The molecule has 1 aliphatic heterocycles. The second-order valence-corrected chi connectivity index (χ2v) is 3.35. The van der Waals surface area contributed by atoms with E-state index in [1.54, 1.807) is 12.3 Å². The van der Waals surface area contributed by atoms with Crippen molar-refractivity contribution in [1.82, 2.24) is 0 Å². The average molecular weight is 195 g/mol. The number of esters is 1. The van der Waals surface area contributed by atoms with Crippen LogP contribution < -0.4 is 4.90 Å². The highest BCUT2D eigenvalue weighted by Crippen LogP contribution is 2.22. The highest BCUT2D eigenvalue weighted by atomic mass is 16.5. The predicted octanol–water partition coefficient (Wildman–Crippen LogP) is 1.67. The summed E-state index contributed by atoms with van der Waals surface area (Å²) in [5, 5.41) is 0. The largest absolute Gasteiger partial charge is 0.463 e. The minimum atomic E-state index is -0.421. The summed E-state index contributed by atoms with van der Waals surface area (Å²) in [6.07, 6.45) is 4.02. The Kier molecular flexibility index (Phi) is 2.43. The number of hydrogen-bond acceptors (Lipinski definition) is 4. The van der Waals surface area contributed by atoms with E-state index in [1.165, 1.54) is 20.0 Å². The van der Waals surface area contributed by atoms with Crippen LogP contribution in [0.2, 0.25) is 0 Å². The van der Waals surface area contributed by atoms with E-state index in [4.69, 9.17) is 4.42 Å². The number of ether oxygens (including phenoxy) is 1. The topological polar surface area (TPSA) is 42.7 Å². The summed E-state index contributed by atoms with van der Waals surface area (Å²) in [5.74, 6) is -0.148. The van der Waals surface area contributed by atoms with Gasteiger partial charge in [0.25, 0.3) is 0 Å².